The maximum atomic E-state index is 12.6. The van der Waals surface area contributed by atoms with Gasteiger partial charge in [0.05, 0.1) is 6.54 Å². The molecule has 0 bridgehead atoms. The van der Waals surface area contributed by atoms with E-state index < -0.39 is 0 Å². The Bertz CT molecular complexity index is 537. The molecule has 2 aliphatic rings. The number of aryl methyl sites for hydroxylation is 1. The van der Waals surface area contributed by atoms with Gasteiger partial charge >= 0.3 is 0 Å². The molecule has 0 N–H and O–H groups in total. The Morgan fingerprint density at radius 2 is 2.18 bits per heavy atom. The molecule has 3 rings (SSSR count). The predicted octanol–water partition coefficient (Wildman–Crippen LogP) is 1.81. The molecule has 1 atom stereocenters. The molecule has 1 aliphatic carbocycles. The molecule has 2 heterocycles. The first-order valence-electron chi connectivity index (χ1n) is 8.36. The van der Waals surface area contributed by atoms with Gasteiger partial charge in [0.1, 0.15) is 5.82 Å². The van der Waals surface area contributed by atoms with Crippen molar-refractivity contribution >= 4 is 5.91 Å². The molecule has 0 unspecified atom stereocenters. The van der Waals surface area contributed by atoms with Crippen LogP contribution in [0.15, 0.2) is 24.5 Å². The summed E-state index contributed by atoms with van der Waals surface area (Å²) in [4.78, 5) is 21.5. The number of amides is 1. The summed E-state index contributed by atoms with van der Waals surface area (Å²) in [7, 11) is 2.03. The van der Waals surface area contributed by atoms with E-state index in [1.54, 1.807) is 0 Å². The Hall–Kier alpha value is -1.62. The van der Waals surface area contributed by atoms with E-state index in [2.05, 4.69) is 31.5 Å². The van der Waals surface area contributed by atoms with Crippen LogP contribution in [0.5, 0.6) is 0 Å². The highest BCUT2D eigenvalue weighted by atomic mass is 16.2. The number of hydrogen-bond donors (Lipinski definition) is 0. The average molecular weight is 302 g/mol. The van der Waals surface area contributed by atoms with Crippen LogP contribution in [0.1, 0.15) is 31.5 Å². The minimum atomic E-state index is 0.214. The Labute approximate surface area is 132 Å². The number of carbonyl (C=O) groups is 1. The van der Waals surface area contributed by atoms with Gasteiger partial charge in [0.15, 0.2) is 0 Å². The number of allylic oxidation sites excluding steroid dienone is 2. The SMILES string of the molecule is Cn1ccnc1CN1CCCN(C(=O)[C@@H]2CC=CCC2)CC1. The summed E-state index contributed by atoms with van der Waals surface area (Å²) in [6, 6.07) is 0. The largest absolute Gasteiger partial charge is 0.341 e. The van der Waals surface area contributed by atoms with Gasteiger partial charge in [0, 0.05) is 51.5 Å². The Morgan fingerprint density at radius 3 is 2.91 bits per heavy atom. The first-order chi connectivity index (χ1) is 10.7. The molecule has 1 amide bonds. The summed E-state index contributed by atoms with van der Waals surface area (Å²) in [6.45, 7) is 4.61. The molecule has 5 nitrogen and oxygen atoms in total. The molecule has 1 fully saturated rings. The Balaban J connectivity index is 1.54. The smallest absolute Gasteiger partial charge is 0.226 e. The Kier molecular flexibility index (Phi) is 4.93. The fraction of sp³-hybridized carbons (Fsp3) is 0.647. The topological polar surface area (TPSA) is 41.4 Å². The van der Waals surface area contributed by atoms with Crippen molar-refractivity contribution in [3.63, 3.8) is 0 Å². The van der Waals surface area contributed by atoms with E-state index in [9.17, 15) is 4.79 Å². The van der Waals surface area contributed by atoms with E-state index in [1.165, 1.54) is 0 Å². The van der Waals surface area contributed by atoms with Crippen molar-refractivity contribution in [2.24, 2.45) is 13.0 Å². The van der Waals surface area contributed by atoms with Crippen LogP contribution < -0.4 is 0 Å². The summed E-state index contributed by atoms with van der Waals surface area (Å²) >= 11 is 0. The molecular formula is C17H26N4O. The molecular weight excluding hydrogens is 276 g/mol. The van der Waals surface area contributed by atoms with E-state index in [0.717, 1.165) is 64.2 Å². The third kappa shape index (κ3) is 3.58. The van der Waals surface area contributed by atoms with Gasteiger partial charge < -0.3 is 9.47 Å². The van der Waals surface area contributed by atoms with Crippen LogP contribution in [0.4, 0.5) is 0 Å². The lowest BCUT2D eigenvalue weighted by molar-refractivity contribution is -0.135. The number of aromatic nitrogens is 2. The number of rotatable bonds is 3. The fourth-order valence-corrected chi connectivity index (χ4v) is 3.37. The standard InChI is InChI=1S/C17H26N4O/c1-19-11-8-18-16(19)14-20-9-5-10-21(13-12-20)17(22)15-6-3-2-4-7-15/h2-3,8,11,15H,4-7,9-10,12-14H2,1H3/t15-/m1/s1. The van der Waals surface area contributed by atoms with E-state index >= 15 is 0 Å². The van der Waals surface area contributed by atoms with Crippen LogP contribution >= 0.6 is 0 Å². The summed E-state index contributed by atoms with van der Waals surface area (Å²) in [5.74, 6) is 1.67. The molecule has 22 heavy (non-hydrogen) atoms. The van der Waals surface area contributed by atoms with Crippen molar-refractivity contribution in [2.75, 3.05) is 26.2 Å². The van der Waals surface area contributed by atoms with Gasteiger partial charge in [-0.05, 0) is 25.7 Å². The van der Waals surface area contributed by atoms with Crippen molar-refractivity contribution in [3.05, 3.63) is 30.4 Å². The van der Waals surface area contributed by atoms with E-state index in [1.807, 2.05) is 19.4 Å². The van der Waals surface area contributed by atoms with Gasteiger partial charge in [-0.3, -0.25) is 9.69 Å². The van der Waals surface area contributed by atoms with Crippen LogP contribution in [-0.2, 0) is 18.4 Å². The van der Waals surface area contributed by atoms with Gasteiger partial charge in [0.25, 0.3) is 0 Å². The quantitative estimate of drug-likeness (QED) is 0.800. The molecule has 5 heteroatoms. The summed E-state index contributed by atoms with van der Waals surface area (Å²) < 4.78 is 2.07. The van der Waals surface area contributed by atoms with Crippen molar-refractivity contribution in [3.8, 4) is 0 Å². The molecule has 120 valence electrons. The lowest BCUT2D eigenvalue weighted by Gasteiger charge is -2.27. The molecule has 1 aromatic heterocycles. The van der Waals surface area contributed by atoms with Crippen molar-refractivity contribution in [1.82, 2.24) is 19.4 Å². The van der Waals surface area contributed by atoms with Crippen LogP contribution in [0.25, 0.3) is 0 Å². The fourth-order valence-electron chi connectivity index (χ4n) is 3.37. The normalized spacial score (nSPS) is 23.5. The average Bonchev–Trinajstić information content (AvgIpc) is 2.81. The monoisotopic (exact) mass is 302 g/mol. The number of carbonyl (C=O) groups excluding carboxylic acids is 1. The first-order valence-corrected chi connectivity index (χ1v) is 8.36. The molecule has 0 saturated carbocycles. The highest BCUT2D eigenvalue weighted by molar-refractivity contribution is 5.79. The number of nitrogens with zero attached hydrogens (tertiary/aromatic N) is 4. The van der Waals surface area contributed by atoms with Gasteiger partial charge in [-0.2, -0.15) is 0 Å². The second-order valence-corrected chi connectivity index (χ2v) is 6.39. The van der Waals surface area contributed by atoms with Crippen LogP contribution in [-0.4, -0.2) is 51.4 Å². The van der Waals surface area contributed by atoms with Crippen LogP contribution in [0.3, 0.4) is 0 Å². The summed E-state index contributed by atoms with van der Waals surface area (Å²) in [5.41, 5.74) is 0. The molecule has 0 spiro atoms. The van der Waals surface area contributed by atoms with E-state index in [0.29, 0.717) is 5.91 Å². The van der Waals surface area contributed by atoms with E-state index in [-0.39, 0.29) is 5.92 Å². The molecule has 1 aromatic rings. The first kappa shape index (κ1) is 15.3. The van der Waals surface area contributed by atoms with Crippen molar-refractivity contribution in [1.29, 1.82) is 0 Å². The second kappa shape index (κ2) is 7.09. The zero-order chi connectivity index (χ0) is 15.4. The maximum absolute atomic E-state index is 12.6. The van der Waals surface area contributed by atoms with Gasteiger partial charge in [0.2, 0.25) is 5.91 Å². The van der Waals surface area contributed by atoms with Gasteiger partial charge in [-0.25, -0.2) is 4.98 Å². The molecule has 1 saturated heterocycles. The van der Waals surface area contributed by atoms with Gasteiger partial charge in [-0.1, -0.05) is 12.2 Å². The van der Waals surface area contributed by atoms with Crippen LogP contribution in [0.2, 0.25) is 0 Å². The number of hydrogen-bond acceptors (Lipinski definition) is 3. The maximum Gasteiger partial charge on any atom is 0.226 e. The molecule has 0 radical (unpaired) electrons. The van der Waals surface area contributed by atoms with Crippen LogP contribution in [0, 0.1) is 5.92 Å². The minimum Gasteiger partial charge on any atom is -0.341 e. The molecule has 1 aliphatic heterocycles. The second-order valence-electron chi connectivity index (χ2n) is 6.39. The van der Waals surface area contributed by atoms with Crippen molar-refractivity contribution < 1.29 is 4.79 Å². The van der Waals surface area contributed by atoms with E-state index in [4.69, 9.17) is 0 Å². The summed E-state index contributed by atoms with van der Waals surface area (Å²) in [5, 5.41) is 0. The predicted molar refractivity (Wildman–Crippen MR) is 86.2 cm³/mol. The summed E-state index contributed by atoms with van der Waals surface area (Å²) in [6.07, 6.45) is 12.2. The number of imidazole rings is 1. The lowest BCUT2D eigenvalue weighted by atomic mass is 9.93. The third-order valence-electron chi connectivity index (χ3n) is 4.80. The molecule has 0 aromatic carbocycles. The zero-order valence-corrected chi connectivity index (χ0v) is 13.4. The van der Waals surface area contributed by atoms with Gasteiger partial charge in [-0.15, -0.1) is 0 Å². The highest BCUT2D eigenvalue weighted by Crippen LogP contribution is 2.21. The highest BCUT2D eigenvalue weighted by Gasteiger charge is 2.26. The third-order valence-corrected chi connectivity index (χ3v) is 4.80. The Morgan fingerprint density at radius 1 is 1.27 bits per heavy atom. The zero-order valence-electron chi connectivity index (χ0n) is 13.4. The van der Waals surface area contributed by atoms with Crippen molar-refractivity contribution in [2.45, 2.75) is 32.2 Å². The minimum absolute atomic E-state index is 0.214. The lowest BCUT2D eigenvalue weighted by Crippen LogP contribution is -2.39.